The highest BCUT2D eigenvalue weighted by Gasteiger charge is 2.03. The molecule has 20 heavy (non-hydrogen) atoms. The smallest absolute Gasteiger partial charge is 0.126 e. The molecule has 2 aromatic carbocycles. The molecule has 98 valence electrons. The van der Waals surface area contributed by atoms with Gasteiger partial charge in [0.2, 0.25) is 0 Å². The summed E-state index contributed by atoms with van der Waals surface area (Å²) in [5, 5.41) is 0. The number of benzene rings is 2. The van der Waals surface area contributed by atoms with E-state index in [9.17, 15) is 0 Å². The Balaban J connectivity index is 1.97. The van der Waals surface area contributed by atoms with E-state index in [2.05, 4.69) is 58.5 Å². The summed E-state index contributed by atoms with van der Waals surface area (Å²) < 4.78 is 0. The molecule has 0 N–H and O–H groups in total. The van der Waals surface area contributed by atoms with E-state index in [1.807, 2.05) is 26.0 Å². The Labute approximate surface area is 119 Å². The SMILES string of the molecule is Cc1cc(-c2ccc(-c3ccccc3)cc2)nc(C)n1. The topological polar surface area (TPSA) is 25.8 Å². The second kappa shape index (κ2) is 5.25. The zero-order valence-electron chi connectivity index (χ0n) is 11.7. The van der Waals surface area contributed by atoms with E-state index in [4.69, 9.17) is 0 Å². The van der Waals surface area contributed by atoms with E-state index in [0.29, 0.717) is 0 Å². The van der Waals surface area contributed by atoms with Crippen LogP contribution in [0.25, 0.3) is 22.4 Å². The molecule has 0 fully saturated rings. The van der Waals surface area contributed by atoms with Crippen molar-refractivity contribution >= 4 is 0 Å². The molecular formula is C18H16N2. The average Bonchev–Trinajstić information content (AvgIpc) is 2.47. The molecule has 2 heteroatoms. The van der Waals surface area contributed by atoms with Gasteiger partial charge in [-0.3, -0.25) is 0 Å². The Morgan fingerprint density at radius 3 is 1.90 bits per heavy atom. The van der Waals surface area contributed by atoms with Crippen molar-refractivity contribution in [1.82, 2.24) is 9.97 Å². The quantitative estimate of drug-likeness (QED) is 0.681. The summed E-state index contributed by atoms with van der Waals surface area (Å²) in [6, 6.07) is 20.9. The maximum absolute atomic E-state index is 4.50. The zero-order chi connectivity index (χ0) is 13.9. The normalized spacial score (nSPS) is 10.5. The van der Waals surface area contributed by atoms with E-state index < -0.39 is 0 Å². The van der Waals surface area contributed by atoms with Crippen molar-refractivity contribution < 1.29 is 0 Å². The number of aryl methyl sites for hydroxylation is 2. The molecule has 0 unspecified atom stereocenters. The van der Waals surface area contributed by atoms with Crippen LogP contribution >= 0.6 is 0 Å². The summed E-state index contributed by atoms with van der Waals surface area (Å²) >= 11 is 0. The fourth-order valence-electron chi connectivity index (χ4n) is 2.33. The van der Waals surface area contributed by atoms with E-state index >= 15 is 0 Å². The summed E-state index contributed by atoms with van der Waals surface area (Å²) in [6.45, 7) is 3.92. The van der Waals surface area contributed by atoms with Gasteiger partial charge in [-0.2, -0.15) is 0 Å². The van der Waals surface area contributed by atoms with Gasteiger partial charge in [-0.25, -0.2) is 9.97 Å². The van der Waals surface area contributed by atoms with Crippen LogP contribution in [-0.4, -0.2) is 9.97 Å². The first kappa shape index (κ1) is 12.5. The standard InChI is InChI=1S/C18H16N2/c1-13-12-18(20-14(2)19-13)17-10-8-16(9-11-17)15-6-4-3-5-7-15/h3-12H,1-2H3. The van der Waals surface area contributed by atoms with Gasteiger partial charge in [0, 0.05) is 11.3 Å². The van der Waals surface area contributed by atoms with Crippen molar-refractivity contribution in [2.75, 3.05) is 0 Å². The Morgan fingerprint density at radius 1 is 0.650 bits per heavy atom. The van der Waals surface area contributed by atoms with Crippen molar-refractivity contribution in [3.8, 4) is 22.4 Å². The zero-order valence-corrected chi connectivity index (χ0v) is 11.7. The van der Waals surface area contributed by atoms with Gasteiger partial charge in [-0.1, -0.05) is 54.6 Å². The van der Waals surface area contributed by atoms with Crippen molar-refractivity contribution in [2.45, 2.75) is 13.8 Å². The number of nitrogens with zero attached hydrogens (tertiary/aromatic N) is 2. The molecule has 0 saturated carbocycles. The molecule has 3 rings (SSSR count). The lowest BCUT2D eigenvalue weighted by molar-refractivity contribution is 1.02. The predicted molar refractivity (Wildman–Crippen MR) is 82.4 cm³/mol. The molecular weight excluding hydrogens is 244 g/mol. The van der Waals surface area contributed by atoms with Crippen molar-refractivity contribution in [1.29, 1.82) is 0 Å². The van der Waals surface area contributed by atoms with Gasteiger partial charge in [0.25, 0.3) is 0 Å². The van der Waals surface area contributed by atoms with E-state index in [1.165, 1.54) is 11.1 Å². The summed E-state index contributed by atoms with van der Waals surface area (Å²) in [4.78, 5) is 8.81. The minimum atomic E-state index is 0.812. The maximum Gasteiger partial charge on any atom is 0.126 e. The van der Waals surface area contributed by atoms with Gasteiger partial charge in [0.1, 0.15) is 5.82 Å². The van der Waals surface area contributed by atoms with Gasteiger partial charge < -0.3 is 0 Å². The molecule has 0 spiro atoms. The van der Waals surface area contributed by atoms with Crippen LogP contribution in [0.3, 0.4) is 0 Å². The molecule has 0 atom stereocenters. The minimum absolute atomic E-state index is 0.812. The largest absolute Gasteiger partial charge is 0.239 e. The predicted octanol–water partition coefficient (Wildman–Crippen LogP) is 4.43. The van der Waals surface area contributed by atoms with E-state index in [1.54, 1.807) is 0 Å². The molecule has 0 aliphatic rings. The Kier molecular flexibility index (Phi) is 3.30. The van der Waals surface area contributed by atoms with Crippen LogP contribution in [-0.2, 0) is 0 Å². The fraction of sp³-hybridized carbons (Fsp3) is 0.111. The molecule has 0 aliphatic carbocycles. The summed E-state index contributed by atoms with van der Waals surface area (Å²) in [6.07, 6.45) is 0. The van der Waals surface area contributed by atoms with Crippen LogP contribution in [0, 0.1) is 13.8 Å². The van der Waals surface area contributed by atoms with Gasteiger partial charge in [-0.05, 0) is 31.0 Å². The van der Waals surface area contributed by atoms with E-state index in [-0.39, 0.29) is 0 Å². The summed E-state index contributed by atoms with van der Waals surface area (Å²) in [5.41, 5.74) is 5.55. The number of aromatic nitrogens is 2. The minimum Gasteiger partial charge on any atom is -0.239 e. The average molecular weight is 260 g/mol. The first-order chi connectivity index (χ1) is 9.72. The first-order valence-corrected chi connectivity index (χ1v) is 6.70. The first-order valence-electron chi connectivity index (χ1n) is 6.70. The van der Waals surface area contributed by atoms with Crippen molar-refractivity contribution in [3.05, 3.63) is 72.2 Å². The molecule has 0 amide bonds. The Hall–Kier alpha value is -2.48. The fourth-order valence-corrected chi connectivity index (χ4v) is 2.33. The lowest BCUT2D eigenvalue weighted by Crippen LogP contribution is -1.93. The molecule has 0 radical (unpaired) electrons. The lowest BCUT2D eigenvalue weighted by atomic mass is 10.0. The number of hydrogen-bond donors (Lipinski definition) is 0. The van der Waals surface area contributed by atoms with Crippen LogP contribution in [0.1, 0.15) is 11.5 Å². The second-order valence-electron chi connectivity index (χ2n) is 4.89. The maximum atomic E-state index is 4.50. The summed E-state index contributed by atoms with van der Waals surface area (Å²) in [7, 11) is 0. The van der Waals surface area contributed by atoms with Crippen LogP contribution < -0.4 is 0 Å². The van der Waals surface area contributed by atoms with Gasteiger partial charge in [0.05, 0.1) is 5.69 Å². The highest BCUT2D eigenvalue weighted by atomic mass is 14.9. The van der Waals surface area contributed by atoms with Crippen LogP contribution in [0.2, 0.25) is 0 Å². The van der Waals surface area contributed by atoms with Crippen molar-refractivity contribution in [3.63, 3.8) is 0 Å². The highest BCUT2D eigenvalue weighted by molar-refractivity contribution is 5.68. The van der Waals surface area contributed by atoms with Crippen LogP contribution in [0.4, 0.5) is 0 Å². The molecule has 1 heterocycles. The molecule has 0 bridgehead atoms. The second-order valence-corrected chi connectivity index (χ2v) is 4.89. The Morgan fingerprint density at radius 2 is 1.25 bits per heavy atom. The van der Waals surface area contributed by atoms with Gasteiger partial charge in [0.15, 0.2) is 0 Å². The van der Waals surface area contributed by atoms with Gasteiger partial charge in [-0.15, -0.1) is 0 Å². The molecule has 3 aromatic rings. The van der Waals surface area contributed by atoms with Crippen molar-refractivity contribution in [2.24, 2.45) is 0 Å². The van der Waals surface area contributed by atoms with Crippen LogP contribution in [0.5, 0.6) is 0 Å². The highest BCUT2D eigenvalue weighted by Crippen LogP contribution is 2.23. The number of rotatable bonds is 2. The van der Waals surface area contributed by atoms with E-state index in [0.717, 1.165) is 22.8 Å². The molecule has 2 nitrogen and oxygen atoms in total. The molecule has 0 aliphatic heterocycles. The summed E-state index contributed by atoms with van der Waals surface area (Å²) in [5.74, 6) is 0.812. The van der Waals surface area contributed by atoms with Crippen LogP contribution in [0.15, 0.2) is 60.7 Å². The third-order valence-corrected chi connectivity index (χ3v) is 3.25. The number of hydrogen-bond acceptors (Lipinski definition) is 2. The van der Waals surface area contributed by atoms with Gasteiger partial charge >= 0.3 is 0 Å². The third-order valence-electron chi connectivity index (χ3n) is 3.25. The monoisotopic (exact) mass is 260 g/mol. The lowest BCUT2D eigenvalue weighted by Gasteiger charge is -2.06. The molecule has 0 saturated heterocycles. The Bertz CT molecular complexity index is 696. The third kappa shape index (κ3) is 2.59. The molecule has 1 aromatic heterocycles.